The van der Waals surface area contributed by atoms with Gasteiger partial charge in [-0.2, -0.15) is 11.8 Å². The summed E-state index contributed by atoms with van der Waals surface area (Å²) in [6.45, 7) is 0. The Morgan fingerprint density at radius 2 is 1.94 bits per heavy atom. The topological polar surface area (TPSA) is 46.5 Å². The second-order valence-corrected chi connectivity index (χ2v) is 6.12. The Bertz CT molecular complexity index is 447. The molecule has 1 saturated heterocycles. The Balaban J connectivity index is 1.75. The molecule has 0 radical (unpaired) electrons. The van der Waals surface area contributed by atoms with E-state index >= 15 is 0 Å². The molecule has 4 heteroatoms. The van der Waals surface area contributed by atoms with Crippen molar-refractivity contribution < 1.29 is 14.6 Å². The van der Waals surface area contributed by atoms with E-state index in [-0.39, 0.29) is 0 Å². The Morgan fingerprint density at radius 3 is 2.33 bits per heavy atom. The van der Waals surface area contributed by atoms with Crippen LogP contribution in [0.3, 0.4) is 0 Å². The molecule has 1 aromatic carbocycles. The molecule has 1 aliphatic heterocycles. The Kier molecular flexibility index (Phi) is 2.98. The summed E-state index contributed by atoms with van der Waals surface area (Å²) in [5.74, 6) is 2.27. The molecule has 3 nitrogen and oxygen atoms in total. The molecule has 2 fully saturated rings. The van der Waals surface area contributed by atoms with Crippen LogP contribution in [0.15, 0.2) is 24.3 Å². The Labute approximate surface area is 111 Å². The smallest absolute Gasteiger partial charge is 0.314 e. The van der Waals surface area contributed by atoms with Gasteiger partial charge in [0, 0.05) is 11.5 Å². The summed E-state index contributed by atoms with van der Waals surface area (Å²) in [7, 11) is 0. The first-order valence-corrected chi connectivity index (χ1v) is 7.44. The average Bonchev–Trinajstić information content (AvgIpc) is 2.23. The third kappa shape index (κ3) is 1.88. The molecule has 0 spiro atoms. The molecule has 0 unspecified atom stereocenters. The molecule has 2 aliphatic rings. The molecule has 0 atom stereocenters. The lowest BCUT2D eigenvalue weighted by Crippen LogP contribution is -2.42. The summed E-state index contributed by atoms with van der Waals surface area (Å²) in [6, 6.07) is 7.63. The van der Waals surface area contributed by atoms with Crippen LogP contribution in [0, 0.1) is 0 Å². The van der Waals surface area contributed by atoms with Gasteiger partial charge in [-0.15, -0.1) is 0 Å². The van der Waals surface area contributed by atoms with Crippen molar-refractivity contribution >= 4 is 17.7 Å². The van der Waals surface area contributed by atoms with E-state index in [2.05, 4.69) is 0 Å². The zero-order chi connectivity index (χ0) is 12.6. The van der Waals surface area contributed by atoms with Crippen molar-refractivity contribution in [3.63, 3.8) is 0 Å². The number of aliphatic carboxylic acids is 1. The first-order valence-electron chi connectivity index (χ1n) is 6.29. The second-order valence-electron chi connectivity index (χ2n) is 5.04. The lowest BCUT2D eigenvalue weighted by Gasteiger charge is -2.38. The van der Waals surface area contributed by atoms with Gasteiger partial charge in [-0.05, 0) is 30.5 Å². The number of rotatable bonds is 4. The molecule has 1 saturated carbocycles. The fourth-order valence-electron chi connectivity index (χ4n) is 2.48. The minimum Gasteiger partial charge on any atom is -0.489 e. The first kappa shape index (κ1) is 11.9. The number of thioether (sulfide) groups is 1. The van der Waals surface area contributed by atoms with E-state index in [9.17, 15) is 9.90 Å². The van der Waals surface area contributed by atoms with Crippen molar-refractivity contribution in [3.8, 4) is 5.75 Å². The van der Waals surface area contributed by atoms with Gasteiger partial charge in [-0.25, -0.2) is 0 Å². The summed E-state index contributed by atoms with van der Waals surface area (Å²) < 4.78 is 5.76. The molecule has 1 heterocycles. The average molecular weight is 264 g/mol. The number of hydrogen-bond donors (Lipinski definition) is 1. The van der Waals surface area contributed by atoms with Crippen molar-refractivity contribution in [2.45, 2.75) is 30.8 Å². The number of ether oxygens (including phenoxy) is 1. The molecule has 96 valence electrons. The summed E-state index contributed by atoms with van der Waals surface area (Å²) in [4.78, 5) is 11.4. The van der Waals surface area contributed by atoms with Crippen molar-refractivity contribution in [1.29, 1.82) is 0 Å². The van der Waals surface area contributed by atoms with Crippen LogP contribution in [0.25, 0.3) is 0 Å². The van der Waals surface area contributed by atoms with Crippen LogP contribution in [0.5, 0.6) is 5.75 Å². The van der Waals surface area contributed by atoms with E-state index in [1.165, 1.54) is 0 Å². The van der Waals surface area contributed by atoms with Gasteiger partial charge in [-0.3, -0.25) is 4.79 Å². The third-order valence-corrected chi connectivity index (χ3v) is 5.15. The maximum absolute atomic E-state index is 11.4. The van der Waals surface area contributed by atoms with E-state index in [0.717, 1.165) is 42.1 Å². The van der Waals surface area contributed by atoms with Crippen LogP contribution in [-0.4, -0.2) is 28.7 Å². The minimum absolute atomic E-state index is 0.331. The molecule has 0 bridgehead atoms. The number of carboxylic acid groups (broad SMARTS) is 1. The molecular weight excluding hydrogens is 248 g/mol. The quantitative estimate of drug-likeness (QED) is 0.908. The van der Waals surface area contributed by atoms with Crippen LogP contribution >= 0.6 is 11.8 Å². The molecule has 3 rings (SSSR count). The summed E-state index contributed by atoms with van der Waals surface area (Å²) >= 11 is 1.89. The zero-order valence-corrected chi connectivity index (χ0v) is 10.9. The molecule has 1 aliphatic carbocycles. The van der Waals surface area contributed by atoms with Crippen LogP contribution in [0.4, 0.5) is 0 Å². The lowest BCUT2D eigenvalue weighted by atomic mass is 9.64. The maximum atomic E-state index is 11.4. The highest BCUT2D eigenvalue weighted by atomic mass is 32.2. The van der Waals surface area contributed by atoms with Gasteiger partial charge in [0.05, 0.1) is 5.41 Å². The van der Waals surface area contributed by atoms with Crippen molar-refractivity contribution in [2.24, 2.45) is 0 Å². The van der Waals surface area contributed by atoms with E-state index in [1.807, 2.05) is 36.0 Å². The van der Waals surface area contributed by atoms with Crippen LogP contribution in [0.2, 0.25) is 0 Å². The molecule has 0 aromatic heterocycles. The summed E-state index contributed by atoms with van der Waals surface area (Å²) in [5.41, 5.74) is 0.279. The van der Waals surface area contributed by atoms with Gasteiger partial charge in [0.25, 0.3) is 0 Å². The Hall–Kier alpha value is -1.16. The van der Waals surface area contributed by atoms with Gasteiger partial charge in [0.1, 0.15) is 11.9 Å². The predicted molar refractivity (Wildman–Crippen MR) is 71.3 cm³/mol. The van der Waals surface area contributed by atoms with Gasteiger partial charge in [-0.1, -0.05) is 18.6 Å². The molecule has 0 amide bonds. The fraction of sp³-hybridized carbons (Fsp3) is 0.500. The molecule has 1 N–H and O–H groups in total. The molecule has 18 heavy (non-hydrogen) atoms. The van der Waals surface area contributed by atoms with Crippen LogP contribution < -0.4 is 4.74 Å². The standard InChI is InChI=1S/C14H16O3S/c15-13(16)14(6-1-7-14)10-2-4-11(5-3-10)17-12-8-18-9-12/h2-5,12H,1,6-9H2,(H,15,16). The van der Waals surface area contributed by atoms with E-state index in [0.29, 0.717) is 6.10 Å². The first-order chi connectivity index (χ1) is 8.71. The molecule has 1 aromatic rings. The normalized spacial score (nSPS) is 21.8. The monoisotopic (exact) mass is 264 g/mol. The fourth-order valence-corrected chi connectivity index (χ4v) is 3.05. The highest BCUT2D eigenvalue weighted by Crippen LogP contribution is 2.44. The second kappa shape index (κ2) is 4.50. The van der Waals surface area contributed by atoms with Crippen molar-refractivity contribution in [2.75, 3.05) is 11.5 Å². The van der Waals surface area contributed by atoms with E-state index in [4.69, 9.17) is 4.74 Å². The van der Waals surface area contributed by atoms with Gasteiger partial charge in [0.2, 0.25) is 0 Å². The minimum atomic E-state index is -0.696. The zero-order valence-electron chi connectivity index (χ0n) is 10.1. The highest BCUT2D eigenvalue weighted by Gasteiger charge is 2.45. The number of carbonyl (C=O) groups is 1. The predicted octanol–water partition coefficient (Wildman–Crippen LogP) is 2.69. The van der Waals surface area contributed by atoms with Crippen molar-refractivity contribution in [1.82, 2.24) is 0 Å². The van der Waals surface area contributed by atoms with Gasteiger partial charge in [0.15, 0.2) is 0 Å². The number of benzene rings is 1. The summed E-state index contributed by atoms with van der Waals surface area (Å²) in [5, 5.41) is 9.37. The van der Waals surface area contributed by atoms with Gasteiger partial charge < -0.3 is 9.84 Å². The largest absolute Gasteiger partial charge is 0.489 e. The maximum Gasteiger partial charge on any atom is 0.314 e. The van der Waals surface area contributed by atoms with Crippen molar-refractivity contribution in [3.05, 3.63) is 29.8 Å². The highest BCUT2D eigenvalue weighted by molar-refractivity contribution is 8.00. The van der Waals surface area contributed by atoms with Gasteiger partial charge >= 0.3 is 5.97 Å². The molecular formula is C14H16O3S. The third-order valence-electron chi connectivity index (χ3n) is 3.93. The Morgan fingerprint density at radius 1 is 1.28 bits per heavy atom. The number of hydrogen-bond acceptors (Lipinski definition) is 3. The lowest BCUT2D eigenvalue weighted by molar-refractivity contribution is -0.147. The number of carboxylic acids is 1. The SMILES string of the molecule is O=C(O)C1(c2ccc(OC3CSC3)cc2)CCC1. The summed E-state index contributed by atoms with van der Waals surface area (Å²) in [6.07, 6.45) is 2.84. The van der Waals surface area contributed by atoms with E-state index in [1.54, 1.807) is 0 Å². The van der Waals surface area contributed by atoms with Crippen LogP contribution in [0.1, 0.15) is 24.8 Å². The van der Waals surface area contributed by atoms with E-state index < -0.39 is 11.4 Å². The van der Waals surface area contributed by atoms with Crippen LogP contribution in [-0.2, 0) is 10.2 Å².